The first-order valence-corrected chi connectivity index (χ1v) is 10.4. The summed E-state index contributed by atoms with van der Waals surface area (Å²) in [6.45, 7) is 1.77. The third-order valence-electron chi connectivity index (χ3n) is 5.44. The third kappa shape index (κ3) is 3.79. The standard InChI is InChI=1S/C25H17F2N7O/c1-4-15-6-7-16(22(27)33-15)21-19(20-23(28)30-12-31-24(20)34(21)3)14-5-8-18(17(26)11-14)35-25-29-10-9-13(2)32-25/h1,5-12H,2-3H3,(H2,28,30,31). The van der Waals surface area contributed by atoms with E-state index in [0.29, 0.717) is 33.5 Å². The summed E-state index contributed by atoms with van der Waals surface area (Å²) in [5.74, 6) is 0.940. The zero-order chi connectivity index (χ0) is 24.7. The summed E-state index contributed by atoms with van der Waals surface area (Å²) in [7, 11) is 1.70. The summed E-state index contributed by atoms with van der Waals surface area (Å²) >= 11 is 0. The van der Waals surface area contributed by atoms with Crippen LogP contribution in [0.1, 0.15) is 11.4 Å². The van der Waals surface area contributed by atoms with E-state index < -0.39 is 11.8 Å². The average Bonchev–Trinajstić information content (AvgIpc) is 3.14. The van der Waals surface area contributed by atoms with Gasteiger partial charge in [-0.25, -0.2) is 29.3 Å². The molecule has 1 aromatic carbocycles. The summed E-state index contributed by atoms with van der Waals surface area (Å²) in [5, 5.41) is 0.445. The van der Waals surface area contributed by atoms with Crippen LogP contribution in [0, 0.1) is 31.0 Å². The van der Waals surface area contributed by atoms with E-state index in [-0.39, 0.29) is 28.8 Å². The molecule has 0 saturated heterocycles. The van der Waals surface area contributed by atoms with Crippen LogP contribution < -0.4 is 10.5 Å². The van der Waals surface area contributed by atoms with E-state index in [1.165, 1.54) is 36.8 Å². The number of hydrogen-bond acceptors (Lipinski definition) is 7. The molecule has 5 rings (SSSR count). The molecule has 172 valence electrons. The maximum absolute atomic E-state index is 15.2. The number of benzene rings is 1. The van der Waals surface area contributed by atoms with Gasteiger partial charge >= 0.3 is 6.01 Å². The van der Waals surface area contributed by atoms with E-state index in [1.807, 2.05) is 0 Å². The molecule has 0 saturated carbocycles. The number of fused-ring (bicyclic) bond motifs is 1. The van der Waals surface area contributed by atoms with E-state index in [4.69, 9.17) is 16.9 Å². The maximum Gasteiger partial charge on any atom is 0.322 e. The molecule has 10 heteroatoms. The summed E-state index contributed by atoms with van der Waals surface area (Å²) in [6.07, 6.45) is 8.18. The molecule has 0 fully saturated rings. The van der Waals surface area contributed by atoms with Gasteiger partial charge in [0.2, 0.25) is 5.95 Å². The Morgan fingerprint density at radius 2 is 1.89 bits per heavy atom. The van der Waals surface area contributed by atoms with Crippen LogP contribution in [0.15, 0.2) is 48.9 Å². The summed E-state index contributed by atoms with van der Waals surface area (Å²) in [6, 6.07) is 9.08. The van der Waals surface area contributed by atoms with Crippen LogP contribution in [0.4, 0.5) is 14.6 Å². The fourth-order valence-electron chi connectivity index (χ4n) is 3.88. The largest absolute Gasteiger partial charge is 0.421 e. The van der Waals surface area contributed by atoms with Crippen LogP contribution in [0.2, 0.25) is 0 Å². The van der Waals surface area contributed by atoms with Gasteiger partial charge in [0.05, 0.1) is 16.6 Å². The monoisotopic (exact) mass is 469 g/mol. The predicted octanol–water partition coefficient (Wildman–Crippen LogP) is 4.43. The molecule has 35 heavy (non-hydrogen) atoms. The van der Waals surface area contributed by atoms with Crippen molar-refractivity contribution in [1.82, 2.24) is 29.5 Å². The zero-order valence-corrected chi connectivity index (χ0v) is 18.6. The number of pyridine rings is 1. The molecule has 4 aromatic heterocycles. The smallest absolute Gasteiger partial charge is 0.322 e. The quantitative estimate of drug-likeness (QED) is 0.307. The van der Waals surface area contributed by atoms with E-state index in [1.54, 1.807) is 30.7 Å². The van der Waals surface area contributed by atoms with Gasteiger partial charge in [-0.15, -0.1) is 6.42 Å². The van der Waals surface area contributed by atoms with Crippen molar-refractivity contribution >= 4 is 16.9 Å². The van der Waals surface area contributed by atoms with Crippen LogP contribution in [-0.4, -0.2) is 29.5 Å². The van der Waals surface area contributed by atoms with Crippen molar-refractivity contribution < 1.29 is 13.5 Å². The van der Waals surface area contributed by atoms with Crippen molar-refractivity contribution in [1.29, 1.82) is 0 Å². The predicted molar refractivity (Wildman–Crippen MR) is 126 cm³/mol. The van der Waals surface area contributed by atoms with Crippen molar-refractivity contribution in [2.45, 2.75) is 6.92 Å². The van der Waals surface area contributed by atoms with E-state index in [9.17, 15) is 0 Å². The number of nitrogens with two attached hydrogens (primary N) is 1. The number of nitrogen functional groups attached to an aromatic ring is 1. The van der Waals surface area contributed by atoms with Gasteiger partial charge in [0.25, 0.3) is 0 Å². The Balaban J connectivity index is 1.71. The average molecular weight is 469 g/mol. The molecule has 8 nitrogen and oxygen atoms in total. The first-order chi connectivity index (χ1) is 16.9. The molecule has 0 amide bonds. The first-order valence-electron chi connectivity index (χ1n) is 10.4. The number of aryl methyl sites for hydroxylation is 2. The van der Waals surface area contributed by atoms with Gasteiger partial charge in [0.15, 0.2) is 11.6 Å². The van der Waals surface area contributed by atoms with Gasteiger partial charge in [-0.2, -0.15) is 4.39 Å². The second-order valence-electron chi connectivity index (χ2n) is 7.65. The number of rotatable bonds is 4. The second-order valence-corrected chi connectivity index (χ2v) is 7.65. The first kappa shape index (κ1) is 21.9. The third-order valence-corrected chi connectivity index (χ3v) is 5.44. The van der Waals surface area contributed by atoms with Crippen LogP contribution in [0.25, 0.3) is 33.4 Å². The van der Waals surface area contributed by atoms with Gasteiger partial charge in [0.1, 0.15) is 23.5 Å². The minimum Gasteiger partial charge on any atom is -0.421 e. The molecule has 0 aliphatic carbocycles. The number of terminal acetylenes is 1. The van der Waals surface area contributed by atoms with Gasteiger partial charge in [-0.1, -0.05) is 12.0 Å². The molecule has 0 atom stereocenters. The normalized spacial score (nSPS) is 10.9. The Hall–Kier alpha value is -4.91. The Morgan fingerprint density at radius 1 is 1.06 bits per heavy atom. The zero-order valence-electron chi connectivity index (χ0n) is 18.6. The highest BCUT2D eigenvalue weighted by Gasteiger charge is 2.25. The minimum absolute atomic E-state index is 0.0156. The number of anilines is 1. The second kappa shape index (κ2) is 8.46. The SMILES string of the molecule is C#Cc1ccc(-c2c(-c3ccc(Oc4nccc(C)n4)c(F)c3)c3c(N)ncnc3n2C)c(F)n1. The van der Waals surface area contributed by atoms with Gasteiger partial charge in [-0.05, 0) is 42.8 Å². The summed E-state index contributed by atoms with van der Waals surface area (Å²) in [4.78, 5) is 20.3. The van der Waals surface area contributed by atoms with Gasteiger partial charge < -0.3 is 15.0 Å². The lowest BCUT2D eigenvalue weighted by Crippen LogP contribution is -1.99. The van der Waals surface area contributed by atoms with Gasteiger partial charge in [-0.3, -0.25) is 0 Å². The molecule has 4 heterocycles. The Bertz CT molecular complexity index is 1660. The number of halogens is 2. The molecule has 0 aliphatic rings. The minimum atomic E-state index is -0.781. The molecule has 0 radical (unpaired) electrons. The Kier molecular flexibility index (Phi) is 5.30. The summed E-state index contributed by atoms with van der Waals surface area (Å²) in [5.41, 5.74) is 8.83. The lowest BCUT2D eigenvalue weighted by Gasteiger charge is -2.11. The fraction of sp³-hybridized carbons (Fsp3) is 0.0800. The van der Waals surface area contributed by atoms with Crippen molar-refractivity contribution in [3.63, 3.8) is 0 Å². The van der Waals surface area contributed by atoms with Crippen LogP contribution >= 0.6 is 0 Å². The molecule has 2 N–H and O–H groups in total. The van der Waals surface area contributed by atoms with E-state index in [2.05, 4.69) is 30.8 Å². The van der Waals surface area contributed by atoms with E-state index in [0.717, 1.165) is 0 Å². The lowest BCUT2D eigenvalue weighted by atomic mass is 9.99. The number of ether oxygens (including phenoxy) is 1. The molecule has 0 spiro atoms. The highest BCUT2D eigenvalue weighted by atomic mass is 19.1. The molecule has 0 bridgehead atoms. The Morgan fingerprint density at radius 3 is 2.60 bits per heavy atom. The number of nitrogens with zero attached hydrogens (tertiary/aromatic N) is 6. The molecule has 0 unspecified atom stereocenters. The summed E-state index contributed by atoms with van der Waals surface area (Å²) < 4.78 is 37.4. The lowest BCUT2D eigenvalue weighted by molar-refractivity contribution is 0.410. The maximum atomic E-state index is 15.2. The highest BCUT2D eigenvalue weighted by molar-refractivity contribution is 6.07. The topological polar surface area (TPSA) is 105 Å². The van der Waals surface area contributed by atoms with Crippen LogP contribution in [-0.2, 0) is 7.05 Å². The molecular weight excluding hydrogens is 452 g/mol. The van der Waals surface area contributed by atoms with Crippen molar-refractivity contribution in [3.05, 3.63) is 72.1 Å². The Labute approximate surface area is 198 Å². The molecule has 0 aliphatic heterocycles. The van der Waals surface area contributed by atoms with Gasteiger partial charge in [0, 0.05) is 24.5 Å². The van der Waals surface area contributed by atoms with Crippen LogP contribution in [0.5, 0.6) is 11.8 Å². The van der Waals surface area contributed by atoms with Crippen molar-refractivity contribution in [3.8, 4) is 46.5 Å². The highest BCUT2D eigenvalue weighted by Crippen LogP contribution is 2.43. The number of hydrogen-bond donors (Lipinski definition) is 1. The number of aromatic nitrogens is 6. The van der Waals surface area contributed by atoms with Crippen molar-refractivity contribution in [2.24, 2.45) is 7.05 Å². The molecule has 5 aromatic rings. The molecular formula is C25H17F2N7O. The van der Waals surface area contributed by atoms with Crippen molar-refractivity contribution in [2.75, 3.05) is 5.73 Å². The fourth-order valence-corrected chi connectivity index (χ4v) is 3.88. The van der Waals surface area contributed by atoms with Crippen LogP contribution in [0.3, 0.4) is 0 Å². The van der Waals surface area contributed by atoms with E-state index >= 15 is 8.78 Å².